The van der Waals surface area contributed by atoms with E-state index in [4.69, 9.17) is 9.66 Å². The molecule has 0 unspecified atom stereocenters. The summed E-state index contributed by atoms with van der Waals surface area (Å²) < 4.78 is 50.8. The Morgan fingerprint density at radius 2 is 1.60 bits per heavy atom. The molecule has 20 heavy (non-hydrogen) atoms. The number of quaternary nitrogens is 1. The molecule has 0 bridgehead atoms. The first kappa shape index (κ1) is 18.9. The van der Waals surface area contributed by atoms with Crippen molar-refractivity contribution in [3.63, 3.8) is 0 Å². The quantitative estimate of drug-likeness (QED) is 0.650. The molecular formula is C12H20F2NO4S+. The molecule has 116 valence electrons. The zero-order valence-corrected chi connectivity index (χ0v) is 12.4. The molecular weight excluding hydrogens is 292 g/mol. The first-order valence-corrected chi connectivity index (χ1v) is 7.13. The lowest BCUT2D eigenvalue weighted by Gasteiger charge is -2.23. The predicted molar refractivity (Wildman–Crippen MR) is 71.8 cm³/mol. The van der Waals surface area contributed by atoms with Crippen LogP contribution >= 0.6 is 0 Å². The van der Waals surface area contributed by atoms with Crippen LogP contribution in [0.5, 0.6) is 0 Å². The van der Waals surface area contributed by atoms with Gasteiger partial charge in [-0.3, -0.25) is 4.55 Å². The monoisotopic (exact) mass is 312 g/mol. The van der Waals surface area contributed by atoms with Gasteiger partial charge in [-0.15, -0.1) is 0 Å². The zero-order chi connectivity index (χ0) is 16.0. The highest BCUT2D eigenvalue weighted by atomic mass is 32.2. The summed E-state index contributed by atoms with van der Waals surface area (Å²) in [7, 11) is 1.17. The number of alkyl halides is 2. The molecule has 0 aliphatic carbocycles. The van der Waals surface area contributed by atoms with Crippen molar-refractivity contribution in [3.05, 3.63) is 35.9 Å². The third-order valence-electron chi connectivity index (χ3n) is 2.06. The van der Waals surface area contributed by atoms with Crippen LogP contribution in [0.4, 0.5) is 8.78 Å². The van der Waals surface area contributed by atoms with Crippen LogP contribution in [0, 0.1) is 0 Å². The largest absolute Gasteiger partial charge is 0.392 e. The number of aliphatic hydroxyl groups is 1. The number of halogens is 2. The standard InChI is InChI=1S/C10H16N.C2H4F2O4S/c1-11(2,3)9-10-7-5-4-6-8-10;3-2(4,1-5)9(6,7)8/h4-8H,9H2,1-3H3;5H,1H2,(H,6,7,8)/q+1;. The molecule has 1 rings (SSSR count). The van der Waals surface area contributed by atoms with E-state index in [9.17, 15) is 17.2 Å². The van der Waals surface area contributed by atoms with E-state index in [1.807, 2.05) is 0 Å². The molecule has 1 aromatic carbocycles. The van der Waals surface area contributed by atoms with E-state index in [0.717, 1.165) is 11.0 Å². The summed E-state index contributed by atoms with van der Waals surface area (Å²) in [4.78, 5) is 0. The Balaban J connectivity index is 0.000000370. The second-order valence-corrected chi connectivity index (χ2v) is 6.75. The maximum Gasteiger partial charge on any atom is 0.392 e. The maximum absolute atomic E-state index is 11.6. The molecule has 0 amide bonds. The summed E-state index contributed by atoms with van der Waals surface area (Å²) in [5.41, 5.74) is 1.40. The van der Waals surface area contributed by atoms with Gasteiger partial charge in [0.2, 0.25) is 0 Å². The third-order valence-corrected chi connectivity index (χ3v) is 2.95. The Labute approximate surface area is 117 Å². The Kier molecular flexibility index (Phi) is 6.69. The van der Waals surface area contributed by atoms with E-state index in [1.165, 1.54) is 5.56 Å². The smallest absolute Gasteiger partial charge is 0.389 e. The number of hydrogen-bond donors (Lipinski definition) is 2. The van der Waals surface area contributed by atoms with Crippen molar-refractivity contribution in [2.45, 2.75) is 11.8 Å². The van der Waals surface area contributed by atoms with Gasteiger partial charge >= 0.3 is 15.4 Å². The topological polar surface area (TPSA) is 74.6 Å². The van der Waals surface area contributed by atoms with Crippen LogP contribution < -0.4 is 0 Å². The number of benzene rings is 1. The van der Waals surface area contributed by atoms with Crippen LogP contribution in [-0.2, 0) is 16.7 Å². The molecule has 0 saturated heterocycles. The minimum absolute atomic E-state index is 0.990. The van der Waals surface area contributed by atoms with E-state index in [2.05, 4.69) is 51.5 Å². The Morgan fingerprint density at radius 1 is 1.15 bits per heavy atom. The summed E-state index contributed by atoms with van der Waals surface area (Å²) in [6.45, 7) is -0.813. The van der Waals surface area contributed by atoms with Gasteiger partial charge in [0.05, 0.1) is 21.1 Å². The lowest BCUT2D eigenvalue weighted by molar-refractivity contribution is -0.884. The van der Waals surface area contributed by atoms with Crippen molar-refractivity contribution in [1.82, 2.24) is 0 Å². The van der Waals surface area contributed by atoms with Crippen molar-refractivity contribution in [2.75, 3.05) is 27.7 Å². The molecule has 0 atom stereocenters. The summed E-state index contributed by atoms with van der Waals surface area (Å²) in [6.07, 6.45) is 0. The van der Waals surface area contributed by atoms with E-state index in [1.54, 1.807) is 0 Å². The number of rotatable bonds is 4. The summed E-state index contributed by atoms with van der Waals surface area (Å²) in [5.74, 6) is 0. The van der Waals surface area contributed by atoms with Gasteiger partial charge in [0.15, 0.2) is 0 Å². The number of aliphatic hydroxyl groups excluding tert-OH is 1. The van der Waals surface area contributed by atoms with Crippen molar-refractivity contribution >= 4 is 10.1 Å². The van der Waals surface area contributed by atoms with Gasteiger partial charge in [-0.05, 0) is 0 Å². The van der Waals surface area contributed by atoms with E-state index >= 15 is 0 Å². The lowest BCUT2D eigenvalue weighted by Crippen LogP contribution is -2.33. The van der Waals surface area contributed by atoms with Crippen molar-refractivity contribution < 1.29 is 31.3 Å². The average molecular weight is 312 g/mol. The van der Waals surface area contributed by atoms with Crippen molar-refractivity contribution in [2.24, 2.45) is 0 Å². The highest BCUT2D eigenvalue weighted by Gasteiger charge is 2.43. The second-order valence-electron chi connectivity index (χ2n) is 5.20. The van der Waals surface area contributed by atoms with Crippen LogP contribution in [0.25, 0.3) is 0 Å². The van der Waals surface area contributed by atoms with Gasteiger partial charge in [0, 0.05) is 5.56 Å². The molecule has 0 radical (unpaired) electrons. The fourth-order valence-electron chi connectivity index (χ4n) is 1.21. The van der Waals surface area contributed by atoms with Gasteiger partial charge in [0.1, 0.15) is 13.2 Å². The van der Waals surface area contributed by atoms with E-state index in [-0.39, 0.29) is 0 Å². The predicted octanol–water partition coefficient (Wildman–Crippen LogP) is 1.35. The highest BCUT2D eigenvalue weighted by Crippen LogP contribution is 2.18. The van der Waals surface area contributed by atoms with Crippen LogP contribution in [0.2, 0.25) is 0 Å². The molecule has 8 heteroatoms. The molecule has 0 saturated carbocycles. The van der Waals surface area contributed by atoms with Gasteiger partial charge < -0.3 is 9.59 Å². The fourth-order valence-corrected chi connectivity index (χ4v) is 1.38. The minimum Gasteiger partial charge on any atom is -0.389 e. The molecule has 0 aliphatic heterocycles. The molecule has 0 aromatic heterocycles. The normalized spacial score (nSPS) is 12.6. The SMILES string of the molecule is C[N+](C)(C)Cc1ccccc1.O=S(=O)(O)C(F)(F)CO. The maximum atomic E-state index is 11.6. The zero-order valence-electron chi connectivity index (χ0n) is 11.6. The molecule has 1 aromatic rings. The van der Waals surface area contributed by atoms with Gasteiger partial charge in [-0.25, -0.2) is 0 Å². The van der Waals surface area contributed by atoms with E-state index in [0.29, 0.717) is 0 Å². The molecule has 5 nitrogen and oxygen atoms in total. The van der Waals surface area contributed by atoms with Crippen LogP contribution in [0.1, 0.15) is 5.56 Å². The van der Waals surface area contributed by atoms with Crippen molar-refractivity contribution in [3.8, 4) is 0 Å². The second kappa shape index (κ2) is 7.07. The Hall–Kier alpha value is -1.09. The van der Waals surface area contributed by atoms with E-state index < -0.39 is 22.0 Å². The molecule has 0 heterocycles. The molecule has 2 N–H and O–H groups in total. The summed E-state index contributed by atoms with van der Waals surface area (Å²) in [6, 6.07) is 10.6. The van der Waals surface area contributed by atoms with Gasteiger partial charge in [-0.2, -0.15) is 17.2 Å². The Morgan fingerprint density at radius 3 is 1.85 bits per heavy atom. The van der Waals surface area contributed by atoms with Gasteiger partial charge in [0.25, 0.3) is 0 Å². The molecule has 0 spiro atoms. The number of hydrogen-bond acceptors (Lipinski definition) is 3. The molecule has 0 fully saturated rings. The molecule has 0 aliphatic rings. The fraction of sp³-hybridized carbons (Fsp3) is 0.500. The van der Waals surface area contributed by atoms with Crippen LogP contribution in [0.15, 0.2) is 30.3 Å². The lowest BCUT2D eigenvalue weighted by atomic mass is 10.2. The third kappa shape index (κ3) is 7.49. The number of nitrogens with zero attached hydrogens (tertiary/aromatic N) is 1. The van der Waals surface area contributed by atoms with Gasteiger partial charge in [-0.1, -0.05) is 30.3 Å². The first-order valence-electron chi connectivity index (χ1n) is 5.69. The Bertz CT molecular complexity index is 498. The highest BCUT2D eigenvalue weighted by molar-refractivity contribution is 7.86. The summed E-state index contributed by atoms with van der Waals surface area (Å²) >= 11 is 0. The average Bonchev–Trinajstić information content (AvgIpc) is 2.27. The van der Waals surface area contributed by atoms with Crippen molar-refractivity contribution in [1.29, 1.82) is 0 Å². The summed E-state index contributed by atoms with van der Waals surface area (Å²) in [5, 5.41) is 3.20. The van der Waals surface area contributed by atoms with Crippen LogP contribution in [-0.4, -0.2) is 55.6 Å². The minimum atomic E-state index is -5.44. The van der Waals surface area contributed by atoms with Crippen LogP contribution in [0.3, 0.4) is 0 Å². The first-order chi connectivity index (χ1) is 8.89.